The van der Waals surface area contributed by atoms with Gasteiger partial charge in [-0.1, -0.05) is 20.8 Å². The molecular formula is C22H32N4O3S2. The first-order valence-corrected chi connectivity index (χ1v) is 12.7. The Morgan fingerprint density at radius 2 is 1.97 bits per heavy atom. The van der Waals surface area contributed by atoms with Gasteiger partial charge in [-0.15, -0.1) is 11.3 Å². The summed E-state index contributed by atoms with van der Waals surface area (Å²) in [5, 5.41) is 13.8. The van der Waals surface area contributed by atoms with Crippen LogP contribution in [-0.2, 0) is 12.0 Å². The van der Waals surface area contributed by atoms with E-state index in [1.165, 1.54) is 35.7 Å². The summed E-state index contributed by atoms with van der Waals surface area (Å²) in [6.07, 6.45) is 6.43. The van der Waals surface area contributed by atoms with Crippen molar-refractivity contribution in [3.63, 3.8) is 0 Å². The highest BCUT2D eigenvalue weighted by molar-refractivity contribution is 7.14. The van der Waals surface area contributed by atoms with Crippen molar-refractivity contribution >= 4 is 34.5 Å². The molecule has 0 amide bonds. The molecule has 1 saturated carbocycles. The highest BCUT2D eigenvalue weighted by atomic mass is 32.1. The minimum Gasteiger partial charge on any atom is -0.477 e. The zero-order chi connectivity index (χ0) is 22.0. The number of ether oxygens (including phenoxy) is 1. The lowest BCUT2D eigenvalue weighted by molar-refractivity contribution is 0.0703. The monoisotopic (exact) mass is 464 g/mol. The Morgan fingerprint density at radius 3 is 2.61 bits per heavy atom. The Labute approximate surface area is 192 Å². The van der Waals surface area contributed by atoms with Crippen LogP contribution in [0.1, 0.15) is 79.7 Å². The molecule has 1 saturated heterocycles. The van der Waals surface area contributed by atoms with Gasteiger partial charge in [-0.3, -0.25) is 4.90 Å². The topological polar surface area (TPSA) is 87.6 Å². The third-order valence-corrected chi connectivity index (χ3v) is 8.17. The highest BCUT2D eigenvalue weighted by Crippen LogP contribution is 2.37. The Morgan fingerprint density at radius 1 is 1.26 bits per heavy atom. The van der Waals surface area contributed by atoms with Gasteiger partial charge in [0.25, 0.3) is 5.19 Å². The smallest absolute Gasteiger partial charge is 0.348 e. The van der Waals surface area contributed by atoms with E-state index < -0.39 is 5.97 Å². The van der Waals surface area contributed by atoms with Crippen LogP contribution in [0.3, 0.4) is 0 Å². The zero-order valence-corrected chi connectivity index (χ0v) is 20.2. The van der Waals surface area contributed by atoms with Crippen LogP contribution in [0.25, 0.3) is 0 Å². The summed E-state index contributed by atoms with van der Waals surface area (Å²) in [6, 6.07) is 2.28. The molecule has 0 bridgehead atoms. The van der Waals surface area contributed by atoms with E-state index in [0.29, 0.717) is 10.1 Å². The lowest BCUT2D eigenvalue weighted by atomic mass is 9.92. The molecule has 2 aromatic heterocycles. The van der Waals surface area contributed by atoms with Crippen molar-refractivity contribution in [3.8, 4) is 5.19 Å². The van der Waals surface area contributed by atoms with Crippen LogP contribution in [0.2, 0.25) is 0 Å². The van der Waals surface area contributed by atoms with Crippen LogP contribution in [0.4, 0.5) is 5.69 Å². The van der Waals surface area contributed by atoms with Gasteiger partial charge in [0.15, 0.2) is 5.82 Å². The number of hydrogen-bond acceptors (Lipinski definition) is 8. The van der Waals surface area contributed by atoms with Crippen LogP contribution in [0.5, 0.6) is 5.19 Å². The van der Waals surface area contributed by atoms with Crippen LogP contribution in [0, 0.1) is 0 Å². The van der Waals surface area contributed by atoms with E-state index in [0.717, 1.165) is 61.7 Å². The molecule has 2 aromatic rings. The van der Waals surface area contributed by atoms with E-state index in [4.69, 9.17) is 4.74 Å². The minimum atomic E-state index is -0.860. The molecule has 9 heteroatoms. The van der Waals surface area contributed by atoms with Gasteiger partial charge in [-0.05, 0) is 63.1 Å². The predicted molar refractivity (Wildman–Crippen MR) is 125 cm³/mol. The largest absolute Gasteiger partial charge is 0.477 e. The molecule has 170 valence electrons. The van der Waals surface area contributed by atoms with E-state index in [1.54, 1.807) is 0 Å². The van der Waals surface area contributed by atoms with Gasteiger partial charge in [0.05, 0.1) is 12.2 Å². The molecular weight excluding hydrogens is 432 g/mol. The fourth-order valence-electron chi connectivity index (χ4n) is 4.20. The average Bonchev–Trinajstić information content (AvgIpc) is 3.45. The lowest BCUT2D eigenvalue weighted by Crippen LogP contribution is -2.31. The molecule has 0 radical (unpaired) electrons. The lowest BCUT2D eigenvalue weighted by Gasteiger charge is -2.29. The quantitative estimate of drug-likeness (QED) is 0.596. The molecule has 2 aliphatic rings. The number of likely N-dealkylation sites (tertiary alicyclic amines) is 1. The third-order valence-electron chi connectivity index (χ3n) is 5.98. The van der Waals surface area contributed by atoms with Crippen LogP contribution >= 0.6 is 22.9 Å². The molecule has 0 unspecified atom stereocenters. The average molecular weight is 465 g/mol. The second-order valence-corrected chi connectivity index (χ2v) is 11.4. The number of carboxylic acids is 1. The number of carboxylic acid groups (broad SMARTS) is 1. The first kappa shape index (κ1) is 22.5. The molecule has 0 aromatic carbocycles. The number of thiophene rings is 1. The molecule has 1 aliphatic heterocycles. The zero-order valence-electron chi connectivity index (χ0n) is 18.5. The number of aromatic carboxylic acids is 1. The molecule has 2 N–H and O–H groups in total. The van der Waals surface area contributed by atoms with E-state index in [1.807, 2.05) is 6.07 Å². The van der Waals surface area contributed by atoms with E-state index in [2.05, 4.69) is 40.3 Å². The number of nitrogens with one attached hydrogen (secondary N) is 1. The van der Waals surface area contributed by atoms with Crippen molar-refractivity contribution in [1.29, 1.82) is 0 Å². The van der Waals surface area contributed by atoms with Gasteiger partial charge >= 0.3 is 5.97 Å². The molecule has 1 aliphatic carbocycles. The number of anilines is 1. The second-order valence-electron chi connectivity index (χ2n) is 9.60. The number of aromatic nitrogens is 2. The fraction of sp³-hybridized carbons (Fsp3) is 0.682. The fourth-order valence-corrected chi connectivity index (χ4v) is 5.83. The highest BCUT2D eigenvalue weighted by Gasteiger charge is 2.27. The Balaban J connectivity index is 1.29. The van der Waals surface area contributed by atoms with Gasteiger partial charge in [-0.25, -0.2) is 4.79 Å². The number of carbonyl (C=O) groups is 1. The second kappa shape index (κ2) is 9.42. The summed E-state index contributed by atoms with van der Waals surface area (Å²) >= 11 is 2.73. The van der Waals surface area contributed by atoms with Gasteiger partial charge in [0.1, 0.15) is 11.0 Å². The van der Waals surface area contributed by atoms with Crippen molar-refractivity contribution in [3.05, 3.63) is 21.6 Å². The van der Waals surface area contributed by atoms with E-state index in [-0.39, 0.29) is 17.6 Å². The van der Waals surface area contributed by atoms with Gasteiger partial charge < -0.3 is 15.2 Å². The summed E-state index contributed by atoms with van der Waals surface area (Å²) in [5.41, 5.74) is 0.692. The number of nitrogens with zero attached hydrogens (tertiary/aromatic N) is 3. The maximum Gasteiger partial charge on any atom is 0.348 e. The Bertz CT molecular complexity index is 891. The number of rotatable bonds is 7. The predicted octanol–water partition coefficient (Wildman–Crippen LogP) is 4.99. The summed E-state index contributed by atoms with van der Waals surface area (Å²) in [4.78, 5) is 20.2. The third kappa shape index (κ3) is 5.75. The molecule has 0 spiro atoms. The molecule has 7 nitrogen and oxygen atoms in total. The Kier molecular flexibility index (Phi) is 6.83. The summed E-state index contributed by atoms with van der Waals surface area (Å²) in [7, 11) is 0. The van der Waals surface area contributed by atoms with Crippen molar-refractivity contribution in [2.75, 3.05) is 18.4 Å². The normalized spacial score (nSPS) is 22.5. The van der Waals surface area contributed by atoms with Gasteiger partial charge in [-0.2, -0.15) is 9.36 Å². The standard InChI is InChI=1S/C22H32N4O3S2/c1-22(2,3)17-12-16(19(30-17)20(27)28)23-14-6-8-15(9-7-14)29-21-24-18(25-31-21)13-26-10-4-5-11-26/h12,14-15,23H,4-11,13H2,1-3H3,(H,27,28). The summed E-state index contributed by atoms with van der Waals surface area (Å²) in [5.74, 6) is 0.00610. The first-order chi connectivity index (χ1) is 14.8. The van der Waals surface area contributed by atoms with Crippen LogP contribution in [0.15, 0.2) is 6.07 Å². The maximum absolute atomic E-state index is 11.7. The van der Waals surface area contributed by atoms with Gasteiger partial charge in [0, 0.05) is 22.5 Å². The van der Waals surface area contributed by atoms with Crippen molar-refractivity contribution in [2.24, 2.45) is 0 Å². The Hall–Kier alpha value is -1.71. The molecule has 2 fully saturated rings. The summed E-state index contributed by atoms with van der Waals surface area (Å²) in [6.45, 7) is 9.43. The molecule has 0 atom stereocenters. The van der Waals surface area contributed by atoms with Crippen LogP contribution < -0.4 is 10.1 Å². The minimum absolute atomic E-state index is 0.0599. The molecule has 3 heterocycles. The number of hydrogen-bond donors (Lipinski definition) is 2. The summed E-state index contributed by atoms with van der Waals surface area (Å²) < 4.78 is 10.6. The van der Waals surface area contributed by atoms with Crippen molar-refractivity contribution in [2.45, 2.75) is 83.4 Å². The van der Waals surface area contributed by atoms with E-state index in [9.17, 15) is 9.90 Å². The van der Waals surface area contributed by atoms with Crippen molar-refractivity contribution in [1.82, 2.24) is 14.3 Å². The first-order valence-electron chi connectivity index (χ1n) is 11.1. The van der Waals surface area contributed by atoms with Crippen molar-refractivity contribution < 1.29 is 14.6 Å². The SMILES string of the molecule is CC(C)(C)c1cc(NC2CCC(Oc3nc(CN4CCCC4)ns3)CC2)c(C(=O)O)s1. The molecule has 31 heavy (non-hydrogen) atoms. The van der Waals surface area contributed by atoms with Gasteiger partial charge in [0.2, 0.25) is 0 Å². The maximum atomic E-state index is 11.7. The van der Waals surface area contributed by atoms with E-state index >= 15 is 0 Å². The van der Waals surface area contributed by atoms with Crippen LogP contribution in [-0.4, -0.2) is 50.6 Å². The molecule has 4 rings (SSSR count).